The normalized spacial score (nSPS) is 11.9. The highest BCUT2D eigenvalue weighted by molar-refractivity contribution is 6.07. The van der Waals surface area contributed by atoms with Crippen molar-refractivity contribution in [3.63, 3.8) is 0 Å². The lowest BCUT2D eigenvalue weighted by Crippen LogP contribution is -2.39. The van der Waals surface area contributed by atoms with E-state index in [1.807, 2.05) is 18.2 Å². The van der Waals surface area contributed by atoms with Gasteiger partial charge >= 0.3 is 0 Å². The first-order valence-corrected chi connectivity index (χ1v) is 14.2. The quantitative estimate of drug-likeness (QED) is 0.196. The molecule has 0 aliphatic heterocycles. The molecule has 0 aliphatic rings. The van der Waals surface area contributed by atoms with Gasteiger partial charge in [-0.1, -0.05) is 25.1 Å². The van der Waals surface area contributed by atoms with E-state index in [1.54, 1.807) is 58.8 Å². The number of amides is 1. The summed E-state index contributed by atoms with van der Waals surface area (Å²) in [6, 6.07) is 18.5. The molecule has 0 spiro atoms. The van der Waals surface area contributed by atoms with Gasteiger partial charge in [-0.05, 0) is 60.9 Å². The van der Waals surface area contributed by atoms with Crippen LogP contribution in [0.3, 0.4) is 0 Å². The fourth-order valence-electron chi connectivity index (χ4n) is 5.50. The molecule has 0 saturated carbocycles. The molecule has 5 rings (SSSR count). The summed E-state index contributed by atoms with van der Waals surface area (Å²) in [5.74, 6) is 1.68. The molecule has 3 aromatic carbocycles. The number of hydrogen-bond donors (Lipinski definition) is 2. The highest BCUT2D eigenvalue weighted by atomic mass is 16.5. The molecule has 9 nitrogen and oxygen atoms in total. The van der Waals surface area contributed by atoms with Crippen molar-refractivity contribution < 1.29 is 28.8 Å². The summed E-state index contributed by atoms with van der Waals surface area (Å²) in [4.78, 5) is 18.8. The highest BCUT2D eigenvalue weighted by Crippen LogP contribution is 2.41. The minimum Gasteiger partial charge on any atom is -0.497 e. The van der Waals surface area contributed by atoms with Gasteiger partial charge in [-0.25, -0.2) is 4.98 Å². The van der Waals surface area contributed by atoms with Crippen LogP contribution in [-0.4, -0.2) is 61.7 Å². The summed E-state index contributed by atoms with van der Waals surface area (Å²) >= 11 is 0. The number of aromatic nitrogens is 2. The molecule has 2 heterocycles. The Morgan fingerprint density at radius 1 is 0.930 bits per heavy atom. The summed E-state index contributed by atoms with van der Waals surface area (Å²) < 4.78 is 24.3. The number of pyridine rings is 1. The van der Waals surface area contributed by atoms with Crippen molar-refractivity contribution in [1.82, 2.24) is 14.9 Å². The molecule has 0 bridgehead atoms. The topological polar surface area (TPSA) is 104 Å². The van der Waals surface area contributed by atoms with Crippen LogP contribution < -0.4 is 24.3 Å². The first kappa shape index (κ1) is 29.7. The lowest BCUT2D eigenvalue weighted by Gasteiger charge is -2.18. The standard InChI is InChI=1S/C34H37N3O6/c1-6-13-37-19-22(25-9-7-8-10-30(25)37)14-23(20-38)35-34(39)27-18-29(36-28-12-11-24(40-2)17-26(27)28)21-15-31(41-3)33(43-5)32(16-21)42-4/h7-12,15-19,23,38H,6,13-14,20H2,1-5H3,(H,35,39)/t23-/m1/s1. The molecule has 43 heavy (non-hydrogen) atoms. The number of carbonyl (C=O) groups is 1. The van der Waals surface area contributed by atoms with Crippen LogP contribution in [0.15, 0.2) is 66.9 Å². The van der Waals surface area contributed by atoms with Gasteiger partial charge in [-0.15, -0.1) is 0 Å². The number of fused-ring (bicyclic) bond motifs is 2. The van der Waals surface area contributed by atoms with Crippen LogP contribution in [0.1, 0.15) is 29.3 Å². The SMILES string of the molecule is CCCn1cc(C[C@H](CO)NC(=O)c2cc(-c3cc(OC)c(OC)c(OC)c3)nc3ccc(OC)cc23)c2ccccc21. The monoisotopic (exact) mass is 583 g/mol. The van der Waals surface area contributed by atoms with Crippen molar-refractivity contribution in [3.05, 3.63) is 78.0 Å². The third-order valence-corrected chi connectivity index (χ3v) is 7.58. The number of nitrogens with zero attached hydrogens (tertiary/aromatic N) is 2. The van der Waals surface area contributed by atoms with Gasteiger partial charge in [-0.2, -0.15) is 0 Å². The Morgan fingerprint density at radius 2 is 1.67 bits per heavy atom. The van der Waals surface area contributed by atoms with E-state index in [2.05, 4.69) is 35.1 Å². The van der Waals surface area contributed by atoms with Gasteiger partial charge in [0.15, 0.2) is 11.5 Å². The Balaban J connectivity index is 1.54. The second kappa shape index (κ2) is 13.0. The summed E-state index contributed by atoms with van der Waals surface area (Å²) in [5, 5.41) is 15.2. The van der Waals surface area contributed by atoms with Crippen LogP contribution in [0.25, 0.3) is 33.1 Å². The van der Waals surface area contributed by atoms with Gasteiger partial charge in [0.05, 0.1) is 57.9 Å². The molecule has 0 unspecified atom stereocenters. The number of aliphatic hydroxyl groups excluding tert-OH is 1. The van der Waals surface area contributed by atoms with Crippen molar-refractivity contribution in [3.8, 4) is 34.3 Å². The largest absolute Gasteiger partial charge is 0.497 e. The predicted molar refractivity (Wildman–Crippen MR) is 168 cm³/mol. The molecule has 9 heteroatoms. The van der Waals surface area contributed by atoms with Crippen LogP contribution in [-0.2, 0) is 13.0 Å². The number of ether oxygens (including phenoxy) is 4. The molecule has 0 radical (unpaired) electrons. The molecular weight excluding hydrogens is 546 g/mol. The van der Waals surface area contributed by atoms with Crippen molar-refractivity contribution in [2.45, 2.75) is 32.4 Å². The summed E-state index contributed by atoms with van der Waals surface area (Å²) in [5.41, 5.74) is 4.46. The number of nitrogens with one attached hydrogen (secondary N) is 1. The van der Waals surface area contributed by atoms with Crippen LogP contribution in [0.2, 0.25) is 0 Å². The molecule has 5 aromatic rings. The van der Waals surface area contributed by atoms with Crippen molar-refractivity contribution in [2.75, 3.05) is 35.0 Å². The summed E-state index contributed by atoms with van der Waals surface area (Å²) in [6.45, 7) is 2.82. The minimum absolute atomic E-state index is 0.217. The second-order valence-corrected chi connectivity index (χ2v) is 10.3. The van der Waals surface area contributed by atoms with Crippen LogP contribution in [0.4, 0.5) is 0 Å². The molecule has 0 fully saturated rings. The molecule has 0 aliphatic carbocycles. The van der Waals surface area contributed by atoms with Crippen LogP contribution >= 0.6 is 0 Å². The third kappa shape index (κ3) is 5.94. The third-order valence-electron chi connectivity index (χ3n) is 7.58. The molecule has 1 atom stereocenters. The summed E-state index contributed by atoms with van der Waals surface area (Å²) in [6.07, 6.45) is 3.61. The fraction of sp³-hybridized carbons (Fsp3) is 0.294. The number of benzene rings is 3. The molecular formula is C34H37N3O6. The van der Waals surface area contributed by atoms with Gasteiger partial charge in [0.1, 0.15) is 5.75 Å². The van der Waals surface area contributed by atoms with Crippen molar-refractivity contribution >= 4 is 27.7 Å². The molecule has 224 valence electrons. The van der Waals surface area contributed by atoms with Gasteiger partial charge in [0.25, 0.3) is 5.91 Å². The Morgan fingerprint density at radius 3 is 2.33 bits per heavy atom. The van der Waals surface area contributed by atoms with E-state index in [1.165, 1.54) is 0 Å². The zero-order valence-corrected chi connectivity index (χ0v) is 25.1. The number of methoxy groups -OCH3 is 4. The zero-order chi connectivity index (χ0) is 30.5. The van der Waals surface area contributed by atoms with Crippen molar-refractivity contribution in [1.29, 1.82) is 0 Å². The number of aryl methyl sites for hydroxylation is 1. The Kier molecular flexibility index (Phi) is 9.01. The number of carbonyl (C=O) groups excluding carboxylic acids is 1. The lowest BCUT2D eigenvalue weighted by atomic mass is 10.0. The average Bonchev–Trinajstić information content (AvgIpc) is 3.39. The van der Waals surface area contributed by atoms with E-state index >= 15 is 0 Å². The van der Waals surface area contributed by atoms with E-state index in [0.717, 1.165) is 29.4 Å². The average molecular weight is 584 g/mol. The molecule has 2 aromatic heterocycles. The fourth-order valence-corrected chi connectivity index (χ4v) is 5.50. The van der Waals surface area contributed by atoms with Crippen LogP contribution in [0.5, 0.6) is 23.0 Å². The maximum absolute atomic E-state index is 14.0. The molecule has 0 saturated heterocycles. The first-order chi connectivity index (χ1) is 20.9. The smallest absolute Gasteiger partial charge is 0.252 e. The maximum Gasteiger partial charge on any atom is 0.252 e. The van der Waals surface area contributed by atoms with Crippen LogP contribution in [0, 0.1) is 0 Å². The number of hydrogen-bond acceptors (Lipinski definition) is 7. The Bertz CT molecular complexity index is 1740. The molecule has 2 N–H and O–H groups in total. The number of para-hydroxylation sites is 1. The van der Waals surface area contributed by atoms with E-state index < -0.39 is 6.04 Å². The zero-order valence-electron chi connectivity index (χ0n) is 25.1. The maximum atomic E-state index is 14.0. The second-order valence-electron chi connectivity index (χ2n) is 10.3. The van der Waals surface area contributed by atoms with Gasteiger partial charge in [0.2, 0.25) is 5.75 Å². The van der Waals surface area contributed by atoms with Gasteiger partial charge < -0.3 is 33.9 Å². The Hall–Kier alpha value is -4.76. The van der Waals surface area contributed by atoms with E-state index in [-0.39, 0.29) is 12.5 Å². The molecule has 1 amide bonds. The predicted octanol–water partition coefficient (Wildman–Crippen LogP) is 5.63. The first-order valence-electron chi connectivity index (χ1n) is 14.2. The number of aliphatic hydroxyl groups is 1. The minimum atomic E-state index is -0.508. The number of rotatable bonds is 12. The van der Waals surface area contributed by atoms with E-state index in [9.17, 15) is 9.90 Å². The lowest BCUT2D eigenvalue weighted by molar-refractivity contribution is 0.0918. The van der Waals surface area contributed by atoms with E-state index in [4.69, 9.17) is 23.9 Å². The van der Waals surface area contributed by atoms with Gasteiger partial charge in [-0.3, -0.25) is 4.79 Å². The highest BCUT2D eigenvalue weighted by Gasteiger charge is 2.22. The Labute approximate surface area is 251 Å². The van der Waals surface area contributed by atoms with Gasteiger partial charge in [0, 0.05) is 34.6 Å². The summed E-state index contributed by atoms with van der Waals surface area (Å²) in [7, 11) is 6.22. The van der Waals surface area contributed by atoms with Crippen molar-refractivity contribution in [2.24, 2.45) is 0 Å². The van der Waals surface area contributed by atoms with E-state index in [0.29, 0.717) is 57.1 Å².